The maximum atomic E-state index is 11.8. The minimum absolute atomic E-state index is 0.0779. The van der Waals surface area contributed by atoms with Gasteiger partial charge in [-0.2, -0.15) is 0 Å². The van der Waals surface area contributed by atoms with Crippen molar-refractivity contribution in [2.45, 2.75) is 19.8 Å². The molecule has 0 amide bonds. The molecule has 114 valence electrons. The number of nitro groups is 1. The fourth-order valence-electron chi connectivity index (χ4n) is 1.89. The maximum absolute atomic E-state index is 11.8. The predicted molar refractivity (Wildman–Crippen MR) is 80.3 cm³/mol. The van der Waals surface area contributed by atoms with E-state index in [1.165, 1.54) is 24.3 Å². The van der Waals surface area contributed by atoms with E-state index < -0.39 is 11.1 Å². The third-order valence-corrected chi connectivity index (χ3v) is 2.98. The Morgan fingerprint density at radius 3 is 2.27 bits per heavy atom. The maximum Gasteiger partial charge on any atom is 0.519 e. The second-order valence-corrected chi connectivity index (χ2v) is 4.90. The van der Waals surface area contributed by atoms with E-state index in [0.717, 1.165) is 5.56 Å². The normalized spacial score (nSPS) is 10.3. The van der Waals surface area contributed by atoms with Crippen LogP contribution >= 0.6 is 0 Å². The standard InChI is InChI=1S/C16H15NO5/c1-11(2)14-5-3-4-6-15(14)22-16(18)21-13-9-7-12(8-10-13)17(19)20/h3-11H,1-2H3. The molecule has 6 nitrogen and oxygen atoms in total. The lowest BCUT2D eigenvalue weighted by Crippen LogP contribution is -2.15. The Balaban J connectivity index is 2.06. The van der Waals surface area contributed by atoms with Crippen LogP contribution in [0.3, 0.4) is 0 Å². The summed E-state index contributed by atoms with van der Waals surface area (Å²) in [6.45, 7) is 3.98. The van der Waals surface area contributed by atoms with Gasteiger partial charge in [0.1, 0.15) is 11.5 Å². The Labute approximate surface area is 127 Å². The lowest BCUT2D eigenvalue weighted by Gasteiger charge is -2.12. The number of carbonyl (C=O) groups excluding carboxylic acids is 1. The molecule has 2 aromatic carbocycles. The highest BCUT2D eigenvalue weighted by Gasteiger charge is 2.14. The van der Waals surface area contributed by atoms with Gasteiger partial charge in [0.05, 0.1) is 4.92 Å². The number of nitrogens with zero attached hydrogens (tertiary/aromatic N) is 1. The fraction of sp³-hybridized carbons (Fsp3) is 0.188. The van der Waals surface area contributed by atoms with Crippen LogP contribution in [0.5, 0.6) is 11.5 Å². The van der Waals surface area contributed by atoms with Crippen molar-refractivity contribution in [2.75, 3.05) is 0 Å². The van der Waals surface area contributed by atoms with Crippen LogP contribution in [0.4, 0.5) is 10.5 Å². The highest BCUT2D eigenvalue weighted by Crippen LogP contribution is 2.26. The molecule has 2 aromatic rings. The molecule has 0 aliphatic carbocycles. The van der Waals surface area contributed by atoms with Crippen molar-refractivity contribution in [1.29, 1.82) is 0 Å². The Bertz CT molecular complexity index is 679. The van der Waals surface area contributed by atoms with Gasteiger partial charge in [-0.1, -0.05) is 32.0 Å². The van der Waals surface area contributed by atoms with Gasteiger partial charge in [-0.3, -0.25) is 10.1 Å². The zero-order valence-electron chi connectivity index (χ0n) is 12.2. The number of hydrogen-bond acceptors (Lipinski definition) is 5. The number of rotatable bonds is 4. The fourth-order valence-corrected chi connectivity index (χ4v) is 1.89. The molecule has 0 aromatic heterocycles. The Morgan fingerprint density at radius 2 is 1.68 bits per heavy atom. The van der Waals surface area contributed by atoms with Crippen molar-refractivity contribution >= 4 is 11.8 Å². The van der Waals surface area contributed by atoms with E-state index in [2.05, 4.69) is 0 Å². The predicted octanol–water partition coefficient (Wildman–Crippen LogP) is 4.30. The number of hydrogen-bond donors (Lipinski definition) is 0. The second kappa shape index (κ2) is 6.71. The van der Waals surface area contributed by atoms with E-state index in [4.69, 9.17) is 9.47 Å². The van der Waals surface area contributed by atoms with Gasteiger partial charge >= 0.3 is 6.16 Å². The topological polar surface area (TPSA) is 78.7 Å². The SMILES string of the molecule is CC(C)c1ccccc1OC(=O)Oc1ccc([N+](=O)[O-])cc1. The molecule has 0 unspecified atom stereocenters. The van der Waals surface area contributed by atoms with Gasteiger partial charge in [-0.25, -0.2) is 4.79 Å². The van der Waals surface area contributed by atoms with Gasteiger partial charge in [0.15, 0.2) is 0 Å². The van der Waals surface area contributed by atoms with Gasteiger partial charge < -0.3 is 9.47 Å². The Kier molecular flexibility index (Phi) is 4.73. The molecule has 0 aliphatic heterocycles. The average Bonchev–Trinajstić information content (AvgIpc) is 2.48. The first-order valence-electron chi connectivity index (χ1n) is 6.70. The number of carbonyl (C=O) groups is 1. The van der Waals surface area contributed by atoms with Crippen molar-refractivity contribution in [3.63, 3.8) is 0 Å². The van der Waals surface area contributed by atoms with E-state index >= 15 is 0 Å². The molecule has 0 saturated heterocycles. The van der Waals surface area contributed by atoms with E-state index in [9.17, 15) is 14.9 Å². The van der Waals surface area contributed by atoms with Crippen LogP contribution < -0.4 is 9.47 Å². The molecule has 0 fully saturated rings. The summed E-state index contributed by atoms with van der Waals surface area (Å²) in [4.78, 5) is 21.8. The van der Waals surface area contributed by atoms with Gasteiger partial charge in [0, 0.05) is 12.1 Å². The minimum atomic E-state index is -0.887. The summed E-state index contributed by atoms with van der Waals surface area (Å²) in [5.74, 6) is 0.811. The van der Waals surface area contributed by atoms with Crippen LogP contribution in [0, 0.1) is 10.1 Å². The lowest BCUT2D eigenvalue weighted by atomic mass is 10.0. The summed E-state index contributed by atoms with van der Waals surface area (Å²) in [7, 11) is 0. The summed E-state index contributed by atoms with van der Waals surface area (Å²) >= 11 is 0. The number of nitro benzene ring substituents is 1. The van der Waals surface area contributed by atoms with Gasteiger partial charge in [0.25, 0.3) is 5.69 Å². The molecule has 0 atom stereocenters. The van der Waals surface area contributed by atoms with Crippen LogP contribution in [-0.2, 0) is 0 Å². The largest absolute Gasteiger partial charge is 0.519 e. The molecular weight excluding hydrogens is 286 g/mol. The summed E-state index contributed by atoms with van der Waals surface area (Å²) in [5, 5.41) is 10.5. The molecule has 22 heavy (non-hydrogen) atoms. The van der Waals surface area contributed by atoms with E-state index in [1.54, 1.807) is 12.1 Å². The van der Waals surface area contributed by atoms with Crippen LogP contribution in [-0.4, -0.2) is 11.1 Å². The van der Waals surface area contributed by atoms with Crippen LogP contribution in [0.1, 0.15) is 25.3 Å². The van der Waals surface area contributed by atoms with Gasteiger partial charge in [0.2, 0.25) is 0 Å². The molecule has 0 spiro atoms. The van der Waals surface area contributed by atoms with Crippen molar-refractivity contribution in [3.8, 4) is 11.5 Å². The molecule has 0 radical (unpaired) electrons. The number of para-hydroxylation sites is 1. The molecule has 0 aliphatic rings. The first kappa shape index (κ1) is 15.5. The molecule has 0 N–H and O–H groups in total. The third-order valence-electron chi connectivity index (χ3n) is 2.98. The van der Waals surface area contributed by atoms with Gasteiger partial charge in [-0.15, -0.1) is 0 Å². The molecule has 0 heterocycles. The molecule has 6 heteroatoms. The molecule has 0 saturated carbocycles. The number of non-ortho nitro benzene ring substituents is 1. The molecule has 0 bridgehead atoms. The summed E-state index contributed by atoms with van der Waals surface area (Å²) in [5.41, 5.74) is 0.814. The highest BCUT2D eigenvalue weighted by atomic mass is 16.7. The van der Waals surface area contributed by atoms with Crippen molar-refractivity contribution in [1.82, 2.24) is 0 Å². The van der Waals surface area contributed by atoms with Crippen molar-refractivity contribution in [3.05, 3.63) is 64.2 Å². The van der Waals surface area contributed by atoms with Crippen molar-refractivity contribution < 1.29 is 19.2 Å². The lowest BCUT2D eigenvalue weighted by molar-refractivity contribution is -0.384. The van der Waals surface area contributed by atoms with E-state index in [0.29, 0.717) is 5.75 Å². The smallest absolute Gasteiger partial charge is 0.395 e. The van der Waals surface area contributed by atoms with Crippen LogP contribution in [0.25, 0.3) is 0 Å². The van der Waals surface area contributed by atoms with Crippen molar-refractivity contribution in [2.24, 2.45) is 0 Å². The average molecular weight is 301 g/mol. The number of benzene rings is 2. The van der Waals surface area contributed by atoms with Crippen LogP contribution in [0.2, 0.25) is 0 Å². The zero-order chi connectivity index (χ0) is 16.1. The number of ether oxygens (including phenoxy) is 2. The van der Waals surface area contributed by atoms with E-state index in [1.807, 2.05) is 26.0 Å². The monoisotopic (exact) mass is 301 g/mol. The second-order valence-electron chi connectivity index (χ2n) is 4.90. The first-order chi connectivity index (χ1) is 10.5. The Hall–Kier alpha value is -2.89. The zero-order valence-corrected chi connectivity index (χ0v) is 12.2. The highest BCUT2D eigenvalue weighted by molar-refractivity contribution is 5.68. The quantitative estimate of drug-likeness (QED) is 0.364. The summed E-state index contributed by atoms with van der Waals surface area (Å²) in [6, 6.07) is 12.4. The summed E-state index contributed by atoms with van der Waals surface area (Å²) in [6.07, 6.45) is -0.887. The first-order valence-corrected chi connectivity index (χ1v) is 6.70. The third kappa shape index (κ3) is 3.82. The van der Waals surface area contributed by atoms with Gasteiger partial charge in [-0.05, 0) is 29.7 Å². The Morgan fingerprint density at radius 1 is 1.05 bits per heavy atom. The van der Waals surface area contributed by atoms with E-state index in [-0.39, 0.29) is 17.4 Å². The summed E-state index contributed by atoms with van der Waals surface area (Å²) < 4.78 is 10.2. The molecular formula is C16H15NO5. The van der Waals surface area contributed by atoms with Crippen LogP contribution in [0.15, 0.2) is 48.5 Å². The molecule has 2 rings (SSSR count). The minimum Gasteiger partial charge on any atom is -0.395 e.